The summed E-state index contributed by atoms with van der Waals surface area (Å²) in [6.45, 7) is 5.61. The van der Waals surface area contributed by atoms with E-state index in [1.54, 1.807) is 24.3 Å². The summed E-state index contributed by atoms with van der Waals surface area (Å²) in [5.41, 5.74) is 0.449. The average molecular weight is 280 g/mol. The summed E-state index contributed by atoms with van der Waals surface area (Å²) >= 11 is 6.08. The number of aromatic carboxylic acids is 1. The minimum absolute atomic E-state index is 0.0700. The lowest BCUT2D eigenvalue weighted by Crippen LogP contribution is -2.15. The van der Waals surface area contributed by atoms with Gasteiger partial charge in [-0.05, 0) is 6.07 Å². The molecule has 5 heteroatoms. The largest absolute Gasteiger partial charge is 0.477 e. The highest BCUT2D eigenvalue weighted by Crippen LogP contribution is 2.35. The van der Waals surface area contributed by atoms with E-state index in [0.717, 1.165) is 0 Å². The summed E-state index contributed by atoms with van der Waals surface area (Å²) in [7, 11) is 0. The van der Waals surface area contributed by atoms with Gasteiger partial charge in [-0.15, -0.1) is 0 Å². The molecular weight excluding hydrogens is 266 g/mol. The Labute approximate surface area is 116 Å². The number of carboxylic acids is 1. The van der Waals surface area contributed by atoms with Gasteiger partial charge in [0.1, 0.15) is 11.3 Å². The van der Waals surface area contributed by atoms with Gasteiger partial charge in [-0.1, -0.05) is 55.7 Å². The van der Waals surface area contributed by atoms with E-state index in [1.165, 1.54) is 0 Å². The molecule has 4 nitrogen and oxygen atoms in total. The normalized spacial score (nSPS) is 11.6. The molecule has 0 spiro atoms. The van der Waals surface area contributed by atoms with Crippen LogP contribution in [0.4, 0.5) is 0 Å². The lowest BCUT2D eigenvalue weighted by molar-refractivity contribution is 0.0693. The molecule has 0 saturated heterocycles. The quantitative estimate of drug-likeness (QED) is 0.903. The summed E-state index contributed by atoms with van der Waals surface area (Å²) in [4.78, 5) is 11.5. The van der Waals surface area contributed by atoms with Crippen LogP contribution in [-0.2, 0) is 5.41 Å². The molecule has 0 aliphatic carbocycles. The van der Waals surface area contributed by atoms with Gasteiger partial charge in [0.05, 0.1) is 5.02 Å². The van der Waals surface area contributed by atoms with Gasteiger partial charge in [0.15, 0.2) is 5.76 Å². The second-order valence-electron chi connectivity index (χ2n) is 5.27. The van der Waals surface area contributed by atoms with Crippen molar-refractivity contribution in [3.05, 3.63) is 40.6 Å². The summed E-state index contributed by atoms with van der Waals surface area (Å²) < 4.78 is 5.24. The highest BCUT2D eigenvalue weighted by atomic mass is 35.5. The summed E-state index contributed by atoms with van der Waals surface area (Å²) in [5.74, 6) is -0.726. The zero-order valence-corrected chi connectivity index (χ0v) is 11.7. The predicted molar refractivity (Wildman–Crippen MR) is 72.6 cm³/mol. The molecule has 19 heavy (non-hydrogen) atoms. The number of nitrogens with zero attached hydrogens (tertiary/aromatic N) is 1. The molecule has 1 heterocycles. The third-order valence-electron chi connectivity index (χ3n) is 2.72. The van der Waals surface area contributed by atoms with Gasteiger partial charge in [0, 0.05) is 11.0 Å². The van der Waals surface area contributed by atoms with E-state index in [0.29, 0.717) is 16.3 Å². The Morgan fingerprint density at radius 3 is 2.47 bits per heavy atom. The van der Waals surface area contributed by atoms with Crippen molar-refractivity contribution >= 4 is 17.6 Å². The number of benzene rings is 1. The number of carboxylic acid groups (broad SMARTS) is 1. The van der Waals surface area contributed by atoms with E-state index in [4.69, 9.17) is 16.1 Å². The van der Waals surface area contributed by atoms with Gasteiger partial charge < -0.3 is 9.63 Å². The number of hydrogen-bond donors (Lipinski definition) is 1. The van der Waals surface area contributed by atoms with Crippen LogP contribution in [0.2, 0.25) is 5.02 Å². The monoisotopic (exact) mass is 279 g/mol. The first-order valence-electron chi connectivity index (χ1n) is 5.80. The van der Waals surface area contributed by atoms with Gasteiger partial charge >= 0.3 is 5.97 Å². The molecule has 1 aromatic heterocycles. The lowest BCUT2D eigenvalue weighted by atomic mass is 9.89. The van der Waals surface area contributed by atoms with Crippen molar-refractivity contribution in [1.29, 1.82) is 0 Å². The van der Waals surface area contributed by atoms with E-state index < -0.39 is 11.4 Å². The van der Waals surface area contributed by atoms with Crippen molar-refractivity contribution in [2.75, 3.05) is 0 Å². The maximum Gasteiger partial charge on any atom is 0.341 e. The Morgan fingerprint density at radius 1 is 1.32 bits per heavy atom. The van der Waals surface area contributed by atoms with Gasteiger partial charge in [-0.25, -0.2) is 4.79 Å². The Bertz CT molecular complexity index is 626. The van der Waals surface area contributed by atoms with E-state index in [1.807, 2.05) is 20.8 Å². The molecule has 0 amide bonds. The first-order chi connectivity index (χ1) is 8.82. The fraction of sp³-hybridized carbons (Fsp3) is 0.286. The van der Waals surface area contributed by atoms with Crippen LogP contribution in [-0.4, -0.2) is 16.2 Å². The summed E-state index contributed by atoms with van der Waals surface area (Å²) in [5, 5.41) is 13.7. The third-order valence-corrected chi connectivity index (χ3v) is 3.05. The number of rotatable bonds is 2. The Kier molecular flexibility index (Phi) is 3.37. The second kappa shape index (κ2) is 4.70. The molecular formula is C14H14ClNO3. The molecule has 0 atom stereocenters. The molecule has 2 aromatic rings. The second-order valence-corrected chi connectivity index (χ2v) is 5.68. The Morgan fingerprint density at radius 2 is 1.95 bits per heavy atom. The zero-order chi connectivity index (χ0) is 14.2. The van der Waals surface area contributed by atoms with Crippen molar-refractivity contribution in [2.24, 2.45) is 0 Å². The average Bonchev–Trinajstić information content (AvgIpc) is 2.73. The number of aromatic nitrogens is 1. The maximum atomic E-state index is 11.5. The number of hydrogen-bond acceptors (Lipinski definition) is 3. The standard InChI is InChI=1S/C14H14ClNO3/c1-14(2,3)12-10(13(17)18)11(16-19-12)8-6-4-5-7-9(8)15/h4-7H,1-3H3,(H,17,18). The molecule has 0 aliphatic heterocycles. The molecule has 2 rings (SSSR count). The van der Waals surface area contributed by atoms with Crippen molar-refractivity contribution < 1.29 is 14.4 Å². The first-order valence-corrected chi connectivity index (χ1v) is 6.18. The highest BCUT2D eigenvalue weighted by Gasteiger charge is 2.31. The van der Waals surface area contributed by atoms with Crippen molar-refractivity contribution in [1.82, 2.24) is 5.16 Å². The van der Waals surface area contributed by atoms with Crippen LogP contribution in [0.1, 0.15) is 36.9 Å². The molecule has 0 radical (unpaired) electrons. The van der Waals surface area contributed by atoms with Crippen molar-refractivity contribution in [2.45, 2.75) is 26.2 Å². The molecule has 1 aromatic carbocycles. The summed E-state index contributed by atoms with van der Waals surface area (Å²) in [6.07, 6.45) is 0. The molecule has 0 bridgehead atoms. The SMILES string of the molecule is CC(C)(C)c1onc(-c2ccccc2Cl)c1C(=O)O. The van der Waals surface area contributed by atoms with E-state index in [-0.39, 0.29) is 11.3 Å². The molecule has 0 fully saturated rings. The molecule has 100 valence electrons. The molecule has 0 unspecified atom stereocenters. The first kappa shape index (κ1) is 13.6. The van der Waals surface area contributed by atoms with Crippen LogP contribution in [0.3, 0.4) is 0 Å². The van der Waals surface area contributed by atoms with Crippen LogP contribution in [0, 0.1) is 0 Å². The van der Waals surface area contributed by atoms with Crippen molar-refractivity contribution in [3.8, 4) is 11.3 Å². The minimum atomic E-state index is -1.07. The molecule has 0 aliphatic rings. The predicted octanol–water partition coefficient (Wildman–Crippen LogP) is 3.99. The van der Waals surface area contributed by atoms with Gasteiger partial charge in [0.2, 0.25) is 0 Å². The van der Waals surface area contributed by atoms with Crippen LogP contribution in [0.5, 0.6) is 0 Å². The summed E-state index contributed by atoms with van der Waals surface area (Å²) in [6, 6.07) is 6.96. The van der Waals surface area contributed by atoms with Crippen LogP contribution >= 0.6 is 11.6 Å². The van der Waals surface area contributed by atoms with Gasteiger partial charge in [-0.3, -0.25) is 0 Å². The van der Waals surface area contributed by atoms with Crippen molar-refractivity contribution in [3.63, 3.8) is 0 Å². The zero-order valence-electron chi connectivity index (χ0n) is 10.9. The van der Waals surface area contributed by atoms with Crippen LogP contribution < -0.4 is 0 Å². The highest BCUT2D eigenvalue weighted by molar-refractivity contribution is 6.33. The van der Waals surface area contributed by atoms with E-state index in [2.05, 4.69) is 5.16 Å². The number of halogens is 1. The third kappa shape index (κ3) is 2.49. The van der Waals surface area contributed by atoms with Gasteiger partial charge in [0.25, 0.3) is 0 Å². The topological polar surface area (TPSA) is 63.3 Å². The van der Waals surface area contributed by atoms with Gasteiger partial charge in [-0.2, -0.15) is 0 Å². The Hall–Kier alpha value is -1.81. The maximum absolute atomic E-state index is 11.5. The smallest absolute Gasteiger partial charge is 0.341 e. The fourth-order valence-electron chi connectivity index (χ4n) is 1.84. The molecule has 0 saturated carbocycles. The van der Waals surface area contributed by atoms with Crippen LogP contribution in [0.25, 0.3) is 11.3 Å². The number of carbonyl (C=O) groups is 1. The van der Waals surface area contributed by atoms with E-state index >= 15 is 0 Å². The van der Waals surface area contributed by atoms with Crippen LogP contribution in [0.15, 0.2) is 28.8 Å². The van der Waals surface area contributed by atoms with E-state index in [9.17, 15) is 9.90 Å². The minimum Gasteiger partial charge on any atom is -0.477 e. The Balaban J connectivity index is 2.70. The molecule has 1 N–H and O–H groups in total. The lowest BCUT2D eigenvalue weighted by Gasteiger charge is -2.14. The fourth-order valence-corrected chi connectivity index (χ4v) is 2.06.